The summed E-state index contributed by atoms with van der Waals surface area (Å²) in [6.07, 6.45) is 3.37. The number of nitrogens with zero attached hydrogens (tertiary/aromatic N) is 8. The van der Waals surface area contributed by atoms with E-state index in [1.165, 1.54) is 17.7 Å². The van der Waals surface area contributed by atoms with Crippen molar-refractivity contribution >= 4 is 16.9 Å². The standard InChI is InChI=1S/C17H22N8O2/c1-21-12(8-14(26)22(2)17(21)27)10-24-4-6-25(7-5-24)16-13-9-20-23(3)15(13)18-11-19-16/h8-9,11H,4-7,10H2,1-3H3. The minimum absolute atomic E-state index is 0.272. The molecule has 27 heavy (non-hydrogen) atoms. The van der Waals surface area contributed by atoms with Crippen molar-refractivity contribution in [1.29, 1.82) is 0 Å². The molecule has 10 nitrogen and oxygen atoms in total. The number of hydrogen-bond donors (Lipinski definition) is 0. The van der Waals surface area contributed by atoms with Crippen LogP contribution in [0.15, 0.2) is 28.2 Å². The highest BCUT2D eigenvalue weighted by Crippen LogP contribution is 2.23. The predicted octanol–water partition coefficient (Wildman–Crippen LogP) is -0.917. The van der Waals surface area contributed by atoms with Crippen molar-refractivity contribution in [1.82, 2.24) is 33.8 Å². The molecule has 10 heteroatoms. The summed E-state index contributed by atoms with van der Waals surface area (Å²) in [4.78, 5) is 37.2. The zero-order valence-electron chi connectivity index (χ0n) is 15.7. The van der Waals surface area contributed by atoms with Gasteiger partial charge in [0.25, 0.3) is 5.56 Å². The average Bonchev–Trinajstić information content (AvgIpc) is 3.06. The Morgan fingerprint density at radius 2 is 1.74 bits per heavy atom. The number of hydrogen-bond acceptors (Lipinski definition) is 7. The van der Waals surface area contributed by atoms with Crippen molar-refractivity contribution in [2.45, 2.75) is 6.54 Å². The lowest BCUT2D eigenvalue weighted by Gasteiger charge is -2.35. The van der Waals surface area contributed by atoms with Crippen LogP contribution in [0, 0.1) is 0 Å². The highest BCUT2D eigenvalue weighted by atomic mass is 16.2. The van der Waals surface area contributed by atoms with Gasteiger partial charge in [-0.1, -0.05) is 0 Å². The van der Waals surface area contributed by atoms with Crippen LogP contribution in [0.4, 0.5) is 5.82 Å². The quantitative estimate of drug-likeness (QED) is 0.589. The largest absolute Gasteiger partial charge is 0.353 e. The van der Waals surface area contributed by atoms with Crippen LogP contribution >= 0.6 is 0 Å². The van der Waals surface area contributed by atoms with Gasteiger partial charge in [0, 0.05) is 65.6 Å². The van der Waals surface area contributed by atoms with Crippen LogP contribution < -0.4 is 16.1 Å². The SMILES string of the molecule is Cn1c(CN2CCN(c3ncnc4c3cnn4C)CC2)cc(=O)n(C)c1=O. The fraction of sp³-hybridized carbons (Fsp3) is 0.471. The zero-order valence-corrected chi connectivity index (χ0v) is 15.7. The molecule has 1 saturated heterocycles. The van der Waals surface area contributed by atoms with Gasteiger partial charge in [-0.15, -0.1) is 0 Å². The van der Waals surface area contributed by atoms with E-state index in [1.54, 1.807) is 24.3 Å². The first-order valence-electron chi connectivity index (χ1n) is 8.81. The van der Waals surface area contributed by atoms with E-state index in [4.69, 9.17) is 0 Å². The van der Waals surface area contributed by atoms with Crippen LogP contribution in [0.1, 0.15) is 5.69 Å². The van der Waals surface area contributed by atoms with Gasteiger partial charge in [0.1, 0.15) is 12.1 Å². The predicted molar refractivity (Wildman–Crippen MR) is 101 cm³/mol. The first-order valence-corrected chi connectivity index (χ1v) is 8.81. The third-order valence-corrected chi connectivity index (χ3v) is 5.19. The lowest BCUT2D eigenvalue weighted by atomic mass is 10.2. The van der Waals surface area contributed by atoms with E-state index >= 15 is 0 Å². The molecular weight excluding hydrogens is 348 g/mol. The minimum atomic E-state index is -0.295. The second-order valence-corrected chi connectivity index (χ2v) is 6.84. The third-order valence-electron chi connectivity index (χ3n) is 5.19. The average molecular weight is 370 g/mol. The van der Waals surface area contributed by atoms with Crippen molar-refractivity contribution in [2.75, 3.05) is 31.1 Å². The molecule has 0 bridgehead atoms. The van der Waals surface area contributed by atoms with E-state index in [1.807, 2.05) is 7.05 Å². The van der Waals surface area contributed by atoms with Crippen molar-refractivity contribution in [3.8, 4) is 0 Å². The topological polar surface area (TPSA) is 94.1 Å². The Morgan fingerprint density at radius 1 is 1.00 bits per heavy atom. The monoisotopic (exact) mass is 370 g/mol. The molecule has 0 atom stereocenters. The molecule has 0 aromatic carbocycles. The second-order valence-electron chi connectivity index (χ2n) is 6.84. The van der Waals surface area contributed by atoms with Crippen LogP contribution in [-0.4, -0.2) is 60.0 Å². The van der Waals surface area contributed by atoms with Gasteiger partial charge in [-0.25, -0.2) is 14.8 Å². The van der Waals surface area contributed by atoms with Gasteiger partial charge in [-0.05, 0) is 0 Å². The van der Waals surface area contributed by atoms with Crippen molar-refractivity contribution in [3.63, 3.8) is 0 Å². The van der Waals surface area contributed by atoms with E-state index in [2.05, 4.69) is 24.9 Å². The summed E-state index contributed by atoms with van der Waals surface area (Å²) >= 11 is 0. The highest BCUT2D eigenvalue weighted by Gasteiger charge is 2.22. The summed E-state index contributed by atoms with van der Waals surface area (Å²) in [7, 11) is 5.06. The van der Waals surface area contributed by atoms with Gasteiger partial charge in [-0.3, -0.25) is 23.5 Å². The molecule has 1 aliphatic rings. The molecule has 142 valence electrons. The van der Waals surface area contributed by atoms with Crippen molar-refractivity contribution in [3.05, 3.63) is 45.1 Å². The number of fused-ring (bicyclic) bond motifs is 1. The van der Waals surface area contributed by atoms with Crippen LogP contribution in [0.3, 0.4) is 0 Å². The molecule has 1 fully saturated rings. The molecular formula is C17H22N8O2. The summed E-state index contributed by atoms with van der Waals surface area (Å²) in [6, 6.07) is 1.54. The summed E-state index contributed by atoms with van der Waals surface area (Å²) in [6.45, 7) is 3.81. The van der Waals surface area contributed by atoms with E-state index in [0.29, 0.717) is 6.54 Å². The normalized spacial score (nSPS) is 15.6. The smallest absolute Gasteiger partial charge is 0.330 e. The lowest BCUT2D eigenvalue weighted by Crippen LogP contribution is -2.47. The Balaban J connectivity index is 1.50. The third kappa shape index (κ3) is 3.01. The van der Waals surface area contributed by atoms with Crippen LogP contribution in [-0.2, 0) is 27.7 Å². The van der Waals surface area contributed by atoms with Gasteiger partial charge in [0.2, 0.25) is 0 Å². The van der Waals surface area contributed by atoms with E-state index in [9.17, 15) is 9.59 Å². The molecule has 0 amide bonds. The number of aromatic nitrogens is 6. The minimum Gasteiger partial charge on any atom is -0.353 e. The maximum absolute atomic E-state index is 12.1. The van der Waals surface area contributed by atoms with Gasteiger partial charge in [0.15, 0.2) is 5.65 Å². The number of piperazine rings is 1. The summed E-state index contributed by atoms with van der Waals surface area (Å²) in [5, 5.41) is 5.22. The lowest BCUT2D eigenvalue weighted by molar-refractivity contribution is 0.242. The van der Waals surface area contributed by atoms with Gasteiger partial charge in [-0.2, -0.15) is 5.10 Å². The van der Waals surface area contributed by atoms with Crippen LogP contribution in [0.5, 0.6) is 0 Å². The molecule has 0 unspecified atom stereocenters. The van der Waals surface area contributed by atoms with E-state index in [0.717, 1.165) is 53.3 Å². The Morgan fingerprint density at radius 3 is 2.48 bits per heavy atom. The molecule has 0 spiro atoms. The number of aryl methyl sites for hydroxylation is 1. The van der Waals surface area contributed by atoms with Crippen LogP contribution in [0.25, 0.3) is 11.0 Å². The van der Waals surface area contributed by atoms with Crippen molar-refractivity contribution in [2.24, 2.45) is 21.1 Å². The molecule has 0 radical (unpaired) electrons. The number of rotatable bonds is 3. The molecule has 0 N–H and O–H groups in total. The molecule has 3 aromatic rings. The summed E-state index contributed by atoms with van der Waals surface area (Å²) in [5.74, 6) is 0.897. The molecule has 1 aliphatic heterocycles. The van der Waals surface area contributed by atoms with E-state index in [-0.39, 0.29) is 11.2 Å². The Bertz CT molecular complexity index is 1100. The maximum Gasteiger partial charge on any atom is 0.330 e. The van der Waals surface area contributed by atoms with Gasteiger partial charge < -0.3 is 4.90 Å². The fourth-order valence-electron chi connectivity index (χ4n) is 3.48. The summed E-state index contributed by atoms with van der Waals surface area (Å²) in [5.41, 5.74) is 0.980. The maximum atomic E-state index is 12.1. The van der Waals surface area contributed by atoms with Gasteiger partial charge in [0.05, 0.1) is 11.6 Å². The Labute approximate surface area is 155 Å². The molecule has 4 rings (SSSR count). The second kappa shape index (κ2) is 6.62. The number of anilines is 1. The van der Waals surface area contributed by atoms with Gasteiger partial charge >= 0.3 is 5.69 Å². The van der Waals surface area contributed by atoms with Crippen molar-refractivity contribution < 1.29 is 0 Å². The first-order chi connectivity index (χ1) is 13.0. The molecule has 4 heterocycles. The molecule has 0 aliphatic carbocycles. The molecule has 0 saturated carbocycles. The Hall–Kier alpha value is -3.01. The molecule has 3 aromatic heterocycles. The summed E-state index contributed by atoms with van der Waals surface area (Å²) < 4.78 is 4.40. The fourth-order valence-corrected chi connectivity index (χ4v) is 3.48. The highest BCUT2D eigenvalue weighted by molar-refractivity contribution is 5.86. The zero-order chi connectivity index (χ0) is 19.1. The van der Waals surface area contributed by atoms with E-state index < -0.39 is 0 Å². The first kappa shape index (κ1) is 17.4. The van der Waals surface area contributed by atoms with Crippen LogP contribution in [0.2, 0.25) is 0 Å². The Kier molecular flexibility index (Phi) is 4.27.